The Labute approximate surface area is 105 Å². The highest BCUT2D eigenvalue weighted by molar-refractivity contribution is 7.98. The summed E-state index contributed by atoms with van der Waals surface area (Å²) in [6.45, 7) is 7.34. The Morgan fingerprint density at radius 2 is 2.00 bits per heavy atom. The van der Waals surface area contributed by atoms with Crippen molar-refractivity contribution in [2.45, 2.75) is 51.7 Å². The van der Waals surface area contributed by atoms with Crippen LogP contribution < -0.4 is 5.32 Å². The molecule has 1 fully saturated rings. The van der Waals surface area contributed by atoms with Gasteiger partial charge in [0, 0.05) is 18.3 Å². The minimum absolute atomic E-state index is 0.564. The molecule has 96 valence electrons. The molecule has 0 aromatic rings. The van der Waals surface area contributed by atoms with Gasteiger partial charge in [-0.3, -0.25) is 0 Å². The highest BCUT2D eigenvalue weighted by Crippen LogP contribution is 2.29. The molecule has 0 heterocycles. The van der Waals surface area contributed by atoms with Crippen LogP contribution in [0.25, 0.3) is 0 Å². The molecule has 3 heteroatoms. The number of hydrogen-bond acceptors (Lipinski definition) is 3. The number of nitrogens with one attached hydrogen (secondary N) is 1. The minimum Gasteiger partial charge on any atom is -0.388 e. The molecule has 0 radical (unpaired) electrons. The molecule has 1 aliphatic carbocycles. The lowest BCUT2D eigenvalue weighted by Crippen LogP contribution is -2.46. The Balaban J connectivity index is 2.28. The maximum Gasteiger partial charge on any atom is 0.0833 e. The standard InChI is InChI=1S/C13H27NOS/c1-10-5-6-12(7-11(10)2)14-8-13(3,15)9-16-4/h10-12,14-15H,5-9H2,1-4H3. The summed E-state index contributed by atoms with van der Waals surface area (Å²) in [7, 11) is 0. The smallest absolute Gasteiger partial charge is 0.0833 e. The molecule has 0 spiro atoms. The van der Waals surface area contributed by atoms with Crippen LogP contribution in [-0.2, 0) is 0 Å². The van der Waals surface area contributed by atoms with Gasteiger partial charge < -0.3 is 10.4 Å². The molecule has 1 rings (SSSR count). The third-order valence-electron chi connectivity index (χ3n) is 3.83. The fourth-order valence-electron chi connectivity index (χ4n) is 2.46. The summed E-state index contributed by atoms with van der Waals surface area (Å²) in [4.78, 5) is 0. The van der Waals surface area contributed by atoms with Crippen LogP contribution in [-0.4, -0.2) is 35.3 Å². The second kappa shape index (κ2) is 6.27. The number of thioether (sulfide) groups is 1. The van der Waals surface area contributed by atoms with Crippen molar-refractivity contribution < 1.29 is 5.11 Å². The first-order valence-corrected chi connectivity index (χ1v) is 7.78. The van der Waals surface area contributed by atoms with Gasteiger partial charge in [0.15, 0.2) is 0 Å². The van der Waals surface area contributed by atoms with Gasteiger partial charge in [-0.2, -0.15) is 11.8 Å². The summed E-state index contributed by atoms with van der Waals surface area (Å²) in [5.74, 6) is 2.49. The van der Waals surface area contributed by atoms with Crippen molar-refractivity contribution in [3.63, 3.8) is 0 Å². The first-order valence-electron chi connectivity index (χ1n) is 6.39. The Kier molecular flexibility index (Phi) is 5.62. The molecule has 0 saturated heterocycles. The highest BCUT2D eigenvalue weighted by atomic mass is 32.2. The summed E-state index contributed by atoms with van der Waals surface area (Å²) in [6, 6.07) is 0.611. The zero-order chi connectivity index (χ0) is 12.2. The third kappa shape index (κ3) is 4.64. The monoisotopic (exact) mass is 245 g/mol. The zero-order valence-electron chi connectivity index (χ0n) is 11.1. The van der Waals surface area contributed by atoms with E-state index in [1.165, 1.54) is 19.3 Å². The van der Waals surface area contributed by atoms with Gasteiger partial charge in [0.25, 0.3) is 0 Å². The van der Waals surface area contributed by atoms with E-state index < -0.39 is 5.60 Å². The van der Waals surface area contributed by atoms with Crippen LogP contribution in [0.1, 0.15) is 40.0 Å². The lowest BCUT2D eigenvalue weighted by atomic mass is 9.79. The minimum atomic E-state index is -0.564. The lowest BCUT2D eigenvalue weighted by Gasteiger charge is -2.34. The summed E-state index contributed by atoms with van der Waals surface area (Å²) < 4.78 is 0. The number of aliphatic hydroxyl groups is 1. The van der Waals surface area contributed by atoms with Gasteiger partial charge in [0.05, 0.1) is 5.60 Å². The first kappa shape index (κ1) is 14.3. The summed E-state index contributed by atoms with van der Waals surface area (Å²) in [5, 5.41) is 13.6. The van der Waals surface area contributed by atoms with Crippen LogP contribution in [0.2, 0.25) is 0 Å². The van der Waals surface area contributed by atoms with Crippen molar-refractivity contribution in [1.82, 2.24) is 5.32 Å². The molecular formula is C13H27NOS. The maximum absolute atomic E-state index is 10.1. The van der Waals surface area contributed by atoms with Gasteiger partial charge in [-0.05, 0) is 44.3 Å². The van der Waals surface area contributed by atoms with Gasteiger partial charge in [-0.1, -0.05) is 13.8 Å². The van der Waals surface area contributed by atoms with Crippen LogP contribution in [0.5, 0.6) is 0 Å². The van der Waals surface area contributed by atoms with E-state index in [9.17, 15) is 5.11 Å². The maximum atomic E-state index is 10.1. The molecule has 0 aromatic heterocycles. The van der Waals surface area contributed by atoms with Crippen molar-refractivity contribution in [2.75, 3.05) is 18.6 Å². The van der Waals surface area contributed by atoms with Crippen LogP contribution >= 0.6 is 11.8 Å². The quantitative estimate of drug-likeness (QED) is 0.780. The molecular weight excluding hydrogens is 218 g/mol. The molecule has 4 unspecified atom stereocenters. The predicted octanol–water partition coefficient (Wildman–Crippen LogP) is 2.51. The summed E-state index contributed by atoms with van der Waals surface area (Å²) in [5.41, 5.74) is -0.564. The molecule has 2 N–H and O–H groups in total. The van der Waals surface area contributed by atoms with Crippen molar-refractivity contribution in [3.8, 4) is 0 Å². The molecule has 1 aliphatic rings. The second-order valence-electron chi connectivity index (χ2n) is 5.78. The molecule has 2 nitrogen and oxygen atoms in total. The molecule has 0 amide bonds. The average Bonchev–Trinajstić information content (AvgIpc) is 2.20. The Morgan fingerprint density at radius 3 is 2.56 bits per heavy atom. The second-order valence-corrected chi connectivity index (χ2v) is 6.64. The van der Waals surface area contributed by atoms with Crippen LogP contribution in [0.4, 0.5) is 0 Å². The average molecular weight is 245 g/mol. The van der Waals surface area contributed by atoms with Crippen molar-refractivity contribution in [2.24, 2.45) is 11.8 Å². The van der Waals surface area contributed by atoms with Gasteiger partial charge in [0.1, 0.15) is 0 Å². The van der Waals surface area contributed by atoms with Crippen LogP contribution in [0.15, 0.2) is 0 Å². The highest BCUT2D eigenvalue weighted by Gasteiger charge is 2.26. The van der Waals surface area contributed by atoms with Gasteiger partial charge in [-0.25, -0.2) is 0 Å². The molecule has 0 aliphatic heterocycles. The van der Waals surface area contributed by atoms with Gasteiger partial charge >= 0.3 is 0 Å². The normalized spacial score (nSPS) is 34.7. The van der Waals surface area contributed by atoms with E-state index >= 15 is 0 Å². The Morgan fingerprint density at radius 1 is 1.31 bits per heavy atom. The number of rotatable bonds is 5. The van der Waals surface area contributed by atoms with E-state index in [0.29, 0.717) is 6.04 Å². The molecule has 1 saturated carbocycles. The van der Waals surface area contributed by atoms with Gasteiger partial charge in [-0.15, -0.1) is 0 Å². The third-order valence-corrected chi connectivity index (χ3v) is 4.74. The Hall–Kier alpha value is 0.270. The molecule has 0 bridgehead atoms. The Bertz CT molecular complexity index is 208. The van der Waals surface area contributed by atoms with E-state index in [-0.39, 0.29) is 0 Å². The summed E-state index contributed by atoms with van der Waals surface area (Å²) in [6.07, 6.45) is 5.89. The fourth-order valence-corrected chi connectivity index (χ4v) is 3.18. The molecule has 0 aromatic carbocycles. The van der Waals surface area contributed by atoms with E-state index in [2.05, 4.69) is 19.2 Å². The lowest BCUT2D eigenvalue weighted by molar-refractivity contribution is 0.0762. The van der Waals surface area contributed by atoms with E-state index in [1.54, 1.807) is 11.8 Å². The van der Waals surface area contributed by atoms with Crippen LogP contribution in [0.3, 0.4) is 0 Å². The molecule has 4 atom stereocenters. The SMILES string of the molecule is CSCC(C)(O)CNC1CCC(C)C(C)C1. The van der Waals surface area contributed by atoms with Gasteiger partial charge in [0.2, 0.25) is 0 Å². The molecule has 16 heavy (non-hydrogen) atoms. The van der Waals surface area contributed by atoms with E-state index in [4.69, 9.17) is 0 Å². The zero-order valence-corrected chi connectivity index (χ0v) is 11.9. The largest absolute Gasteiger partial charge is 0.388 e. The predicted molar refractivity (Wildman–Crippen MR) is 73.0 cm³/mol. The van der Waals surface area contributed by atoms with Crippen molar-refractivity contribution in [1.29, 1.82) is 0 Å². The first-order chi connectivity index (χ1) is 7.44. The topological polar surface area (TPSA) is 32.3 Å². The van der Waals surface area contributed by atoms with E-state index in [1.807, 2.05) is 13.2 Å². The fraction of sp³-hybridized carbons (Fsp3) is 1.00. The van der Waals surface area contributed by atoms with Crippen molar-refractivity contribution in [3.05, 3.63) is 0 Å². The number of hydrogen-bond donors (Lipinski definition) is 2. The van der Waals surface area contributed by atoms with E-state index in [0.717, 1.165) is 24.1 Å². The van der Waals surface area contributed by atoms with Crippen LogP contribution in [0, 0.1) is 11.8 Å². The summed E-state index contributed by atoms with van der Waals surface area (Å²) >= 11 is 1.71. The van der Waals surface area contributed by atoms with Crippen molar-refractivity contribution >= 4 is 11.8 Å².